The van der Waals surface area contributed by atoms with Gasteiger partial charge in [-0.15, -0.1) is 0 Å². The van der Waals surface area contributed by atoms with Crippen molar-refractivity contribution in [1.29, 1.82) is 0 Å². The second kappa shape index (κ2) is 15.4. The number of rotatable bonds is 13. The van der Waals surface area contributed by atoms with Gasteiger partial charge in [0, 0.05) is 24.0 Å². The van der Waals surface area contributed by atoms with Crippen molar-refractivity contribution in [1.82, 2.24) is 10.2 Å². The zero-order valence-corrected chi connectivity index (χ0v) is 27.4. The van der Waals surface area contributed by atoms with Crippen LogP contribution in [0.25, 0.3) is 0 Å². The molecular formula is C34H33BrF3N3O4S. The van der Waals surface area contributed by atoms with Gasteiger partial charge in [-0.2, -0.15) is 13.2 Å². The van der Waals surface area contributed by atoms with Gasteiger partial charge in [-0.05, 0) is 60.0 Å². The van der Waals surface area contributed by atoms with Crippen LogP contribution in [0.5, 0.6) is 0 Å². The SMILES string of the molecule is CCCNC(=O)[C@H](Cc1ccccc1)N(Cc1ccc(Br)cc1)C(=O)CN(c1cccc(C(F)(F)F)c1)S(=O)(=O)c1ccccc1. The van der Waals surface area contributed by atoms with Crippen LogP contribution >= 0.6 is 15.9 Å². The molecule has 1 atom stereocenters. The van der Waals surface area contributed by atoms with E-state index in [2.05, 4.69) is 21.2 Å². The summed E-state index contributed by atoms with van der Waals surface area (Å²) >= 11 is 3.39. The number of amides is 2. The maximum Gasteiger partial charge on any atom is 0.416 e. The quantitative estimate of drug-likeness (QED) is 0.165. The van der Waals surface area contributed by atoms with Gasteiger partial charge in [-0.3, -0.25) is 13.9 Å². The molecule has 4 aromatic carbocycles. The Morgan fingerprint density at radius 2 is 1.48 bits per heavy atom. The number of anilines is 1. The Hall–Kier alpha value is -4.16. The molecule has 0 spiro atoms. The van der Waals surface area contributed by atoms with Crippen molar-refractivity contribution in [2.45, 2.75) is 43.4 Å². The lowest BCUT2D eigenvalue weighted by atomic mass is 10.0. The molecule has 12 heteroatoms. The number of sulfonamides is 1. The van der Waals surface area contributed by atoms with E-state index in [9.17, 15) is 31.2 Å². The fourth-order valence-corrected chi connectivity index (χ4v) is 6.48. The minimum atomic E-state index is -4.76. The van der Waals surface area contributed by atoms with Crippen LogP contribution in [-0.4, -0.2) is 44.3 Å². The first-order chi connectivity index (χ1) is 21.9. The van der Waals surface area contributed by atoms with Crippen LogP contribution in [-0.2, 0) is 38.8 Å². The molecule has 0 aromatic heterocycles. The first-order valence-corrected chi connectivity index (χ1v) is 16.7. The third kappa shape index (κ3) is 8.97. The minimum absolute atomic E-state index is 0.0645. The van der Waals surface area contributed by atoms with Gasteiger partial charge in [-0.25, -0.2) is 8.42 Å². The van der Waals surface area contributed by atoms with Crippen molar-refractivity contribution in [2.75, 3.05) is 17.4 Å². The summed E-state index contributed by atoms with van der Waals surface area (Å²) in [7, 11) is -4.53. The van der Waals surface area contributed by atoms with Crippen molar-refractivity contribution in [3.8, 4) is 0 Å². The number of carbonyl (C=O) groups is 2. The molecule has 1 N–H and O–H groups in total. The summed E-state index contributed by atoms with van der Waals surface area (Å²) in [5.41, 5.74) is 0.0119. The minimum Gasteiger partial charge on any atom is -0.354 e. The van der Waals surface area contributed by atoms with Crippen molar-refractivity contribution < 1.29 is 31.2 Å². The van der Waals surface area contributed by atoms with E-state index in [0.29, 0.717) is 28.9 Å². The van der Waals surface area contributed by atoms with E-state index in [4.69, 9.17) is 0 Å². The van der Waals surface area contributed by atoms with Gasteiger partial charge < -0.3 is 10.2 Å². The van der Waals surface area contributed by atoms with E-state index in [1.807, 2.05) is 25.1 Å². The largest absolute Gasteiger partial charge is 0.416 e. The van der Waals surface area contributed by atoms with E-state index in [1.165, 1.54) is 35.2 Å². The first kappa shape index (κ1) is 34.7. The Bertz CT molecular complexity index is 1720. The highest BCUT2D eigenvalue weighted by atomic mass is 79.9. The lowest BCUT2D eigenvalue weighted by Gasteiger charge is -2.34. The van der Waals surface area contributed by atoms with Gasteiger partial charge in [0.1, 0.15) is 12.6 Å². The third-order valence-electron chi connectivity index (χ3n) is 7.16. The molecule has 0 radical (unpaired) electrons. The van der Waals surface area contributed by atoms with Gasteiger partial charge in [0.25, 0.3) is 10.0 Å². The smallest absolute Gasteiger partial charge is 0.354 e. The Balaban J connectivity index is 1.82. The van der Waals surface area contributed by atoms with Crippen LogP contribution in [0.1, 0.15) is 30.0 Å². The molecule has 0 unspecified atom stereocenters. The Morgan fingerprint density at radius 3 is 2.09 bits per heavy atom. The summed E-state index contributed by atoms with van der Waals surface area (Å²) < 4.78 is 70.6. The predicted octanol–water partition coefficient (Wildman–Crippen LogP) is 6.83. The number of benzene rings is 4. The molecule has 4 rings (SSSR count). The normalized spacial score (nSPS) is 12.3. The second-order valence-corrected chi connectivity index (χ2v) is 13.3. The van der Waals surface area contributed by atoms with Gasteiger partial charge in [-0.1, -0.05) is 89.6 Å². The van der Waals surface area contributed by atoms with Crippen LogP contribution in [0.3, 0.4) is 0 Å². The highest BCUT2D eigenvalue weighted by Crippen LogP contribution is 2.33. The highest BCUT2D eigenvalue weighted by Gasteiger charge is 2.36. The topological polar surface area (TPSA) is 86.8 Å². The van der Waals surface area contributed by atoms with Gasteiger partial charge in [0.15, 0.2) is 0 Å². The maximum absolute atomic E-state index is 14.4. The third-order valence-corrected chi connectivity index (χ3v) is 9.47. The molecule has 4 aromatic rings. The van der Waals surface area contributed by atoms with Crippen molar-refractivity contribution in [2.24, 2.45) is 0 Å². The number of halogens is 4. The highest BCUT2D eigenvalue weighted by molar-refractivity contribution is 9.10. The summed E-state index contributed by atoms with van der Waals surface area (Å²) in [4.78, 5) is 29.1. The standard InChI is InChI=1S/C34H33BrF3N3O4S/c1-2-20-39-33(43)31(21-25-10-5-3-6-11-25)40(23-26-16-18-28(35)19-17-26)32(42)24-41(46(44,45)30-14-7-4-8-15-30)29-13-9-12-27(22-29)34(36,37)38/h3-19,22,31H,2,20-21,23-24H2,1H3,(H,39,43)/t31-/m0/s1. The zero-order valence-electron chi connectivity index (χ0n) is 25.0. The molecule has 0 fully saturated rings. The first-order valence-electron chi connectivity index (χ1n) is 14.5. The number of carbonyl (C=O) groups excluding carboxylic acids is 2. The average Bonchev–Trinajstić information content (AvgIpc) is 3.05. The summed E-state index contributed by atoms with van der Waals surface area (Å²) in [6, 6.07) is 26.1. The van der Waals surface area contributed by atoms with Crippen LogP contribution in [0.2, 0.25) is 0 Å². The number of alkyl halides is 3. The second-order valence-electron chi connectivity index (χ2n) is 10.5. The molecule has 46 heavy (non-hydrogen) atoms. The summed E-state index contributed by atoms with van der Waals surface area (Å²) in [6.07, 6.45) is -4.00. The Morgan fingerprint density at radius 1 is 0.848 bits per heavy atom. The lowest BCUT2D eigenvalue weighted by Crippen LogP contribution is -2.53. The fourth-order valence-electron chi connectivity index (χ4n) is 4.79. The van der Waals surface area contributed by atoms with E-state index in [0.717, 1.165) is 22.2 Å². The number of hydrogen-bond acceptors (Lipinski definition) is 4. The lowest BCUT2D eigenvalue weighted by molar-refractivity contribution is -0.140. The number of nitrogens with zero attached hydrogens (tertiary/aromatic N) is 2. The zero-order chi connectivity index (χ0) is 33.3. The van der Waals surface area contributed by atoms with Crippen LogP contribution in [0.15, 0.2) is 119 Å². The molecule has 0 bridgehead atoms. The molecule has 2 amide bonds. The molecule has 242 valence electrons. The van der Waals surface area contributed by atoms with E-state index in [1.54, 1.807) is 42.5 Å². The molecule has 0 saturated heterocycles. The molecule has 0 saturated carbocycles. The maximum atomic E-state index is 14.4. The summed E-state index contributed by atoms with van der Waals surface area (Å²) in [6.45, 7) is 1.31. The van der Waals surface area contributed by atoms with Crippen LogP contribution in [0, 0.1) is 0 Å². The van der Waals surface area contributed by atoms with E-state index < -0.39 is 46.2 Å². The fraction of sp³-hybridized carbons (Fsp3) is 0.235. The Kier molecular flexibility index (Phi) is 11.6. The molecule has 0 aliphatic heterocycles. The number of nitrogens with one attached hydrogen (secondary N) is 1. The number of hydrogen-bond donors (Lipinski definition) is 1. The average molecular weight is 717 g/mol. The van der Waals surface area contributed by atoms with Crippen LogP contribution < -0.4 is 9.62 Å². The van der Waals surface area contributed by atoms with Crippen molar-refractivity contribution in [3.05, 3.63) is 130 Å². The van der Waals surface area contributed by atoms with Crippen LogP contribution in [0.4, 0.5) is 18.9 Å². The monoisotopic (exact) mass is 715 g/mol. The van der Waals surface area contributed by atoms with Gasteiger partial charge >= 0.3 is 6.18 Å². The molecule has 0 aliphatic rings. The molecule has 0 heterocycles. The molecular weight excluding hydrogens is 683 g/mol. The van der Waals surface area contributed by atoms with Crippen molar-refractivity contribution >= 4 is 43.5 Å². The van der Waals surface area contributed by atoms with Gasteiger partial charge in [0.05, 0.1) is 16.1 Å². The molecule has 0 aliphatic carbocycles. The van der Waals surface area contributed by atoms with Gasteiger partial charge in [0.2, 0.25) is 11.8 Å². The Labute approximate surface area is 275 Å². The van der Waals surface area contributed by atoms with E-state index in [-0.39, 0.29) is 23.5 Å². The molecule has 7 nitrogen and oxygen atoms in total. The van der Waals surface area contributed by atoms with Crippen molar-refractivity contribution in [3.63, 3.8) is 0 Å². The summed E-state index contributed by atoms with van der Waals surface area (Å²) in [5, 5.41) is 2.85. The predicted molar refractivity (Wildman–Crippen MR) is 174 cm³/mol. The van der Waals surface area contributed by atoms with E-state index >= 15 is 0 Å². The summed E-state index contributed by atoms with van der Waals surface area (Å²) in [5.74, 6) is -1.21.